The lowest BCUT2D eigenvalue weighted by molar-refractivity contribution is 0.0911. The average Bonchev–Trinajstić information content (AvgIpc) is 3.76. The van der Waals surface area contributed by atoms with Gasteiger partial charge in [-0.1, -0.05) is 41.4 Å². The van der Waals surface area contributed by atoms with E-state index in [0.29, 0.717) is 41.5 Å². The molecule has 49 heavy (non-hydrogen) atoms. The highest BCUT2D eigenvalue weighted by atomic mass is 35.5. The fraction of sp³-hybridized carbons (Fsp3) is 0.143. The molecular formula is C35H30Cl2FN7O4. The molecule has 1 unspecified atom stereocenters. The van der Waals surface area contributed by atoms with E-state index in [4.69, 9.17) is 23.2 Å². The Kier molecular flexibility index (Phi) is 10.2. The lowest BCUT2D eigenvalue weighted by atomic mass is 10.0. The molecule has 0 saturated heterocycles. The minimum Gasteiger partial charge on any atom is -0.394 e. The first-order chi connectivity index (χ1) is 23.7. The number of aromatic amines is 4. The summed E-state index contributed by atoms with van der Waals surface area (Å²) in [6.45, 7) is 0.909. The van der Waals surface area contributed by atoms with Crippen LogP contribution < -0.4 is 16.4 Å². The Morgan fingerprint density at radius 3 is 2.20 bits per heavy atom. The summed E-state index contributed by atoms with van der Waals surface area (Å²) in [5, 5.41) is 20.2. The van der Waals surface area contributed by atoms with Gasteiger partial charge in [0.25, 0.3) is 5.91 Å². The van der Waals surface area contributed by atoms with Crippen molar-refractivity contribution in [1.29, 1.82) is 0 Å². The fourth-order valence-corrected chi connectivity index (χ4v) is 5.97. The number of H-pyrrole nitrogens is 4. The van der Waals surface area contributed by atoms with Crippen LogP contribution >= 0.6 is 23.2 Å². The number of halogens is 3. The number of aliphatic hydroxyl groups excluding tert-OH is 1. The maximum absolute atomic E-state index is 13.6. The maximum Gasteiger partial charge on any atom is 0.268 e. The number of nitrogens with one attached hydrogen (secondary N) is 5. The maximum atomic E-state index is 13.6. The second-order valence-corrected chi connectivity index (χ2v) is 12.2. The highest BCUT2D eigenvalue weighted by Crippen LogP contribution is 2.33. The zero-order chi connectivity index (χ0) is 34.5. The number of carbonyl (C=O) groups is 1. The van der Waals surface area contributed by atoms with Crippen LogP contribution in [0.15, 0.2) is 101 Å². The summed E-state index contributed by atoms with van der Waals surface area (Å²) in [6, 6.07) is 17.3. The van der Waals surface area contributed by atoms with Gasteiger partial charge in [0.05, 0.1) is 29.6 Å². The van der Waals surface area contributed by atoms with Crippen LogP contribution in [0.1, 0.15) is 38.8 Å². The van der Waals surface area contributed by atoms with Gasteiger partial charge in [-0.15, -0.1) is 0 Å². The summed E-state index contributed by atoms with van der Waals surface area (Å²) in [5.74, 6) is -1.08. The minimum absolute atomic E-state index is 0.112. The highest BCUT2D eigenvalue weighted by Gasteiger charge is 2.20. The summed E-state index contributed by atoms with van der Waals surface area (Å²) in [6.07, 6.45) is 6.53. The summed E-state index contributed by atoms with van der Waals surface area (Å²) in [7, 11) is 0. The lowest BCUT2D eigenvalue weighted by Crippen LogP contribution is -2.31. The van der Waals surface area contributed by atoms with E-state index in [0.717, 1.165) is 27.8 Å². The molecule has 0 fully saturated rings. The van der Waals surface area contributed by atoms with Crippen molar-refractivity contribution in [2.24, 2.45) is 0 Å². The summed E-state index contributed by atoms with van der Waals surface area (Å²) < 4.78 is 13.6. The first-order valence-corrected chi connectivity index (χ1v) is 15.9. The van der Waals surface area contributed by atoms with Gasteiger partial charge in [0.1, 0.15) is 11.5 Å². The zero-order valence-electron chi connectivity index (χ0n) is 25.8. The number of rotatable bonds is 12. The van der Waals surface area contributed by atoms with Gasteiger partial charge in [0.15, 0.2) is 0 Å². The number of pyridine rings is 2. The molecule has 1 amide bonds. The van der Waals surface area contributed by atoms with Crippen molar-refractivity contribution in [1.82, 2.24) is 35.4 Å². The number of hydrogen-bond donors (Lipinski definition) is 6. The monoisotopic (exact) mass is 701 g/mol. The Hall–Kier alpha value is -5.27. The summed E-state index contributed by atoms with van der Waals surface area (Å²) in [4.78, 5) is 47.2. The molecule has 0 radical (unpaired) electrons. The van der Waals surface area contributed by atoms with E-state index in [1.54, 1.807) is 43.0 Å². The van der Waals surface area contributed by atoms with Gasteiger partial charge in [-0.05, 0) is 64.2 Å². The number of hydrogen-bond acceptors (Lipinski definition) is 6. The van der Waals surface area contributed by atoms with Gasteiger partial charge in [0, 0.05) is 66.5 Å². The van der Waals surface area contributed by atoms with E-state index in [1.165, 1.54) is 18.2 Å². The van der Waals surface area contributed by atoms with Crippen molar-refractivity contribution in [3.05, 3.63) is 156 Å². The van der Waals surface area contributed by atoms with Crippen molar-refractivity contribution < 1.29 is 14.3 Å². The quantitative estimate of drug-likeness (QED) is 0.0979. The second kappa shape index (κ2) is 14.9. The smallest absolute Gasteiger partial charge is 0.268 e. The van der Waals surface area contributed by atoms with Crippen molar-refractivity contribution in [2.45, 2.75) is 25.7 Å². The zero-order valence-corrected chi connectivity index (χ0v) is 27.3. The number of amides is 1. The normalized spacial score (nSPS) is 11.9. The Morgan fingerprint density at radius 1 is 0.857 bits per heavy atom. The molecule has 0 aliphatic heterocycles. The third-order valence-electron chi connectivity index (χ3n) is 7.94. The Balaban J connectivity index is 1.20. The SMILES string of the molecule is O=C(NC(CO)c1ccc(F)c(Cl)c1)c1cc(-c2[nH]ncc2-c2ccc(CN(Cc3cc[nH]c(=O)c3)Cc3cc[nH]c(=O)c3)c(Cl)c2)c[nH]1. The molecule has 250 valence electrons. The molecule has 0 aliphatic rings. The van der Waals surface area contributed by atoms with Gasteiger partial charge >= 0.3 is 0 Å². The molecule has 14 heteroatoms. The minimum atomic E-state index is -0.803. The fourth-order valence-electron chi connectivity index (χ4n) is 5.54. The van der Waals surface area contributed by atoms with Crippen LogP contribution in [0.5, 0.6) is 0 Å². The molecule has 11 nitrogen and oxygen atoms in total. The number of aliphatic hydroxyl groups is 1. The van der Waals surface area contributed by atoms with Crippen LogP contribution in [0.2, 0.25) is 10.0 Å². The van der Waals surface area contributed by atoms with Crippen molar-refractivity contribution >= 4 is 29.1 Å². The molecule has 6 aromatic rings. The van der Waals surface area contributed by atoms with Crippen LogP contribution in [-0.4, -0.2) is 47.7 Å². The molecule has 0 aliphatic carbocycles. The molecule has 4 aromatic heterocycles. The van der Waals surface area contributed by atoms with Gasteiger partial charge in [0.2, 0.25) is 11.1 Å². The summed E-state index contributed by atoms with van der Waals surface area (Å²) >= 11 is 12.7. The molecule has 0 saturated carbocycles. The lowest BCUT2D eigenvalue weighted by Gasteiger charge is -2.23. The summed E-state index contributed by atoms with van der Waals surface area (Å²) in [5.41, 5.74) is 5.59. The van der Waals surface area contributed by atoms with E-state index >= 15 is 0 Å². The molecule has 0 bridgehead atoms. The first kappa shape index (κ1) is 33.6. The Labute approximate surface area is 288 Å². The predicted octanol–water partition coefficient (Wildman–Crippen LogP) is 5.56. The largest absolute Gasteiger partial charge is 0.394 e. The molecular weight excluding hydrogens is 672 g/mol. The Bertz CT molecular complexity index is 2170. The number of benzene rings is 2. The van der Waals surface area contributed by atoms with Gasteiger partial charge in [-0.2, -0.15) is 5.10 Å². The molecule has 0 spiro atoms. The standard InChI is InChI=1S/C35H30Cl2FN7O4/c36-27-11-22(1-2-24(27)18-45(16-20-5-7-39-32(47)9-20)17-21-6-8-40-33(48)10-21)26-15-42-44-34(26)25-13-30(41-14-25)35(49)43-31(19-46)23-3-4-29(38)28(37)12-23/h1-15,31,41,46H,16-19H2,(H,39,47)(H,40,48)(H,42,44)(H,43,49). The second-order valence-electron chi connectivity index (χ2n) is 11.4. The highest BCUT2D eigenvalue weighted by molar-refractivity contribution is 6.31. The van der Waals surface area contributed by atoms with E-state index in [2.05, 4.69) is 35.4 Å². The van der Waals surface area contributed by atoms with E-state index in [9.17, 15) is 23.9 Å². The van der Waals surface area contributed by atoms with E-state index < -0.39 is 24.4 Å². The van der Waals surface area contributed by atoms with Crippen molar-refractivity contribution in [3.63, 3.8) is 0 Å². The van der Waals surface area contributed by atoms with Crippen LogP contribution in [0.25, 0.3) is 22.4 Å². The van der Waals surface area contributed by atoms with Crippen molar-refractivity contribution in [2.75, 3.05) is 6.61 Å². The van der Waals surface area contributed by atoms with Gasteiger partial charge < -0.3 is 25.4 Å². The predicted molar refractivity (Wildman–Crippen MR) is 185 cm³/mol. The molecule has 6 N–H and O–H groups in total. The molecule has 6 rings (SSSR count). The molecule has 1 atom stereocenters. The van der Waals surface area contributed by atoms with Crippen LogP contribution in [0.3, 0.4) is 0 Å². The number of carbonyl (C=O) groups excluding carboxylic acids is 1. The number of aromatic nitrogens is 5. The number of nitrogens with zero attached hydrogens (tertiary/aromatic N) is 2. The van der Waals surface area contributed by atoms with Crippen LogP contribution in [0.4, 0.5) is 4.39 Å². The first-order valence-electron chi connectivity index (χ1n) is 15.1. The Morgan fingerprint density at radius 2 is 1.57 bits per heavy atom. The van der Waals surface area contributed by atoms with E-state index in [-0.39, 0.29) is 21.8 Å². The molecule has 4 heterocycles. The third kappa shape index (κ3) is 8.07. The van der Waals surface area contributed by atoms with Crippen molar-refractivity contribution in [3.8, 4) is 22.4 Å². The van der Waals surface area contributed by atoms with Gasteiger partial charge in [-0.3, -0.25) is 24.4 Å². The molecule has 2 aromatic carbocycles. The third-order valence-corrected chi connectivity index (χ3v) is 8.58. The average molecular weight is 703 g/mol. The van der Waals surface area contributed by atoms with Crippen LogP contribution in [0, 0.1) is 5.82 Å². The van der Waals surface area contributed by atoms with E-state index in [1.807, 2.05) is 30.3 Å². The van der Waals surface area contributed by atoms with Crippen LogP contribution in [-0.2, 0) is 19.6 Å². The topological polar surface area (TPSA) is 163 Å². The van der Waals surface area contributed by atoms with Gasteiger partial charge in [-0.25, -0.2) is 4.39 Å².